The Morgan fingerprint density at radius 3 is 2.85 bits per heavy atom. The number of aromatic nitrogens is 3. The van der Waals surface area contributed by atoms with Gasteiger partial charge < -0.3 is 4.74 Å². The van der Waals surface area contributed by atoms with E-state index in [1.54, 1.807) is 30.5 Å². The molecule has 3 rings (SSSR count). The number of nitrogens with zero attached hydrogens (tertiary/aromatic N) is 4. The summed E-state index contributed by atoms with van der Waals surface area (Å²) in [5.74, 6) is 0.648. The Hall–Kier alpha value is -2.96. The fraction of sp³-hybridized carbons (Fsp3) is 0.167. The molecule has 0 saturated carbocycles. The van der Waals surface area contributed by atoms with E-state index in [1.807, 2.05) is 19.1 Å². The molecule has 1 N–H and O–H groups in total. The summed E-state index contributed by atoms with van der Waals surface area (Å²) in [4.78, 5) is 16.5. The number of ether oxygens (including phenoxy) is 1. The third-order valence-electron chi connectivity index (χ3n) is 3.37. The Morgan fingerprint density at radius 1 is 1.30 bits per heavy atom. The van der Waals surface area contributed by atoms with Gasteiger partial charge in [0.15, 0.2) is 4.34 Å². The van der Waals surface area contributed by atoms with Crippen molar-refractivity contribution in [3.63, 3.8) is 0 Å². The molecule has 9 heteroatoms. The Balaban J connectivity index is 1.60. The van der Waals surface area contributed by atoms with Crippen molar-refractivity contribution < 1.29 is 9.53 Å². The maximum Gasteiger partial charge on any atom is 0.262 e. The Morgan fingerprint density at radius 2 is 2.11 bits per heavy atom. The molecule has 1 aromatic carbocycles. The van der Waals surface area contributed by atoms with Crippen LogP contribution in [0.2, 0.25) is 0 Å². The summed E-state index contributed by atoms with van der Waals surface area (Å²) in [5.41, 5.74) is 2.06. The van der Waals surface area contributed by atoms with Gasteiger partial charge in [0.1, 0.15) is 5.56 Å². The normalized spacial score (nSPS) is 10.2. The molecule has 2 aromatic heterocycles. The first-order valence-corrected chi connectivity index (χ1v) is 9.84. The van der Waals surface area contributed by atoms with Gasteiger partial charge in [-0.25, -0.2) is 4.98 Å². The van der Waals surface area contributed by atoms with Crippen molar-refractivity contribution in [1.29, 1.82) is 5.26 Å². The number of rotatable bonds is 7. The summed E-state index contributed by atoms with van der Waals surface area (Å²) in [5, 5.41) is 20.1. The molecule has 0 spiro atoms. The molecule has 0 aliphatic rings. The van der Waals surface area contributed by atoms with Crippen LogP contribution in [0.1, 0.15) is 28.4 Å². The first-order valence-electron chi connectivity index (χ1n) is 8.04. The second-order valence-electron chi connectivity index (χ2n) is 5.21. The lowest BCUT2D eigenvalue weighted by Gasteiger charge is -2.07. The van der Waals surface area contributed by atoms with E-state index in [0.29, 0.717) is 28.6 Å². The summed E-state index contributed by atoms with van der Waals surface area (Å²) >= 11 is 2.81. The van der Waals surface area contributed by atoms with Crippen LogP contribution in [-0.4, -0.2) is 27.7 Å². The fourth-order valence-electron chi connectivity index (χ4n) is 2.12. The van der Waals surface area contributed by atoms with Crippen LogP contribution in [0.15, 0.2) is 46.9 Å². The SMILES string of the molecule is CCOc1ncccc1C(=O)Nc1nnc(SCc2ccc(C#N)cc2)s1. The summed E-state index contributed by atoms with van der Waals surface area (Å²) in [6.45, 7) is 2.25. The van der Waals surface area contributed by atoms with E-state index in [9.17, 15) is 4.79 Å². The Labute approximate surface area is 164 Å². The number of carbonyl (C=O) groups excluding carboxylic acids is 1. The van der Waals surface area contributed by atoms with Gasteiger partial charge in [-0.3, -0.25) is 10.1 Å². The zero-order chi connectivity index (χ0) is 19.1. The average molecular weight is 397 g/mol. The number of nitriles is 1. The van der Waals surface area contributed by atoms with E-state index in [-0.39, 0.29) is 11.8 Å². The molecule has 0 aliphatic carbocycles. The highest BCUT2D eigenvalue weighted by atomic mass is 32.2. The Bertz CT molecular complexity index is 966. The maximum atomic E-state index is 12.4. The molecule has 2 heterocycles. The number of nitrogens with one attached hydrogen (secondary N) is 1. The van der Waals surface area contributed by atoms with E-state index >= 15 is 0 Å². The minimum atomic E-state index is -0.341. The lowest BCUT2D eigenvalue weighted by atomic mass is 10.2. The zero-order valence-electron chi connectivity index (χ0n) is 14.4. The van der Waals surface area contributed by atoms with Crippen molar-refractivity contribution in [1.82, 2.24) is 15.2 Å². The third kappa shape index (κ3) is 5.03. The molecule has 0 atom stereocenters. The fourth-order valence-corrected chi connectivity index (χ4v) is 3.82. The van der Waals surface area contributed by atoms with E-state index in [2.05, 4.69) is 26.6 Å². The molecule has 0 bridgehead atoms. The van der Waals surface area contributed by atoms with Crippen LogP contribution < -0.4 is 10.1 Å². The van der Waals surface area contributed by atoms with Gasteiger partial charge >= 0.3 is 0 Å². The zero-order valence-corrected chi connectivity index (χ0v) is 16.0. The van der Waals surface area contributed by atoms with Crippen LogP contribution >= 0.6 is 23.1 Å². The van der Waals surface area contributed by atoms with Crippen LogP contribution in [0.25, 0.3) is 0 Å². The number of pyridine rings is 1. The van der Waals surface area contributed by atoms with Gasteiger partial charge in [0.2, 0.25) is 11.0 Å². The first-order chi connectivity index (χ1) is 13.2. The van der Waals surface area contributed by atoms with Crippen LogP contribution in [0.5, 0.6) is 5.88 Å². The van der Waals surface area contributed by atoms with Crippen molar-refractivity contribution >= 4 is 34.1 Å². The van der Waals surface area contributed by atoms with Crippen molar-refractivity contribution in [2.75, 3.05) is 11.9 Å². The number of thioether (sulfide) groups is 1. The van der Waals surface area contributed by atoms with Gasteiger partial charge in [0.05, 0.1) is 18.2 Å². The van der Waals surface area contributed by atoms with Crippen LogP contribution in [-0.2, 0) is 5.75 Å². The van der Waals surface area contributed by atoms with Crippen molar-refractivity contribution in [3.05, 3.63) is 59.3 Å². The molecule has 3 aromatic rings. The Kier molecular flexibility index (Phi) is 6.35. The summed E-state index contributed by atoms with van der Waals surface area (Å²) in [6.07, 6.45) is 1.57. The predicted octanol–water partition coefficient (Wildman–Crippen LogP) is 3.75. The second-order valence-corrected chi connectivity index (χ2v) is 7.41. The molecule has 0 unspecified atom stereocenters. The van der Waals surface area contributed by atoms with Gasteiger partial charge in [-0.2, -0.15) is 5.26 Å². The topological polar surface area (TPSA) is 101 Å². The molecular weight excluding hydrogens is 382 g/mol. The smallest absolute Gasteiger partial charge is 0.262 e. The molecule has 7 nitrogen and oxygen atoms in total. The predicted molar refractivity (Wildman–Crippen MR) is 104 cm³/mol. The van der Waals surface area contributed by atoms with Gasteiger partial charge in [-0.1, -0.05) is 35.2 Å². The standard InChI is InChI=1S/C18H15N5O2S2/c1-2-25-16-14(4-3-9-20-16)15(24)21-17-22-23-18(27-17)26-11-13-7-5-12(10-19)6-8-13/h3-9H,2,11H2,1H3,(H,21,22,24). The molecule has 0 fully saturated rings. The van der Waals surface area contributed by atoms with E-state index < -0.39 is 0 Å². The summed E-state index contributed by atoms with van der Waals surface area (Å²) in [6, 6.07) is 12.8. The number of hydrogen-bond acceptors (Lipinski definition) is 8. The number of carbonyl (C=O) groups is 1. The highest BCUT2D eigenvalue weighted by Crippen LogP contribution is 2.29. The molecule has 0 saturated heterocycles. The number of hydrogen-bond donors (Lipinski definition) is 1. The van der Waals surface area contributed by atoms with Gasteiger partial charge in [-0.15, -0.1) is 10.2 Å². The summed E-state index contributed by atoms with van der Waals surface area (Å²) in [7, 11) is 0. The monoisotopic (exact) mass is 397 g/mol. The molecule has 0 radical (unpaired) electrons. The van der Waals surface area contributed by atoms with Gasteiger partial charge in [0.25, 0.3) is 5.91 Å². The summed E-state index contributed by atoms with van der Waals surface area (Å²) < 4.78 is 6.12. The van der Waals surface area contributed by atoms with Gasteiger partial charge in [-0.05, 0) is 36.8 Å². The lowest BCUT2D eigenvalue weighted by Crippen LogP contribution is -2.14. The number of benzene rings is 1. The maximum absolute atomic E-state index is 12.4. The van der Waals surface area contributed by atoms with Crippen molar-refractivity contribution in [2.24, 2.45) is 0 Å². The molecular formula is C18H15N5O2S2. The number of anilines is 1. The molecule has 0 aliphatic heterocycles. The van der Waals surface area contributed by atoms with Crippen LogP contribution in [0.3, 0.4) is 0 Å². The van der Waals surface area contributed by atoms with E-state index in [1.165, 1.54) is 23.1 Å². The molecule has 27 heavy (non-hydrogen) atoms. The lowest BCUT2D eigenvalue weighted by molar-refractivity contribution is 0.102. The highest BCUT2D eigenvalue weighted by molar-refractivity contribution is 8.00. The third-order valence-corrected chi connectivity index (χ3v) is 5.41. The minimum Gasteiger partial charge on any atom is -0.477 e. The van der Waals surface area contributed by atoms with Crippen LogP contribution in [0, 0.1) is 11.3 Å². The molecule has 1 amide bonds. The second kappa shape index (κ2) is 9.12. The first kappa shape index (κ1) is 18.8. The van der Waals surface area contributed by atoms with Crippen molar-refractivity contribution in [3.8, 4) is 11.9 Å². The molecule has 136 valence electrons. The minimum absolute atomic E-state index is 0.289. The van der Waals surface area contributed by atoms with E-state index in [4.69, 9.17) is 10.00 Å². The van der Waals surface area contributed by atoms with Crippen molar-refractivity contribution in [2.45, 2.75) is 17.0 Å². The quantitative estimate of drug-likeness (QED) is 0.478. The van der Waals surface area contributed by atoms with Crippen LogP contribution in [0.4, 0.5) is 5.13 Å². The number of amides is 1. The van der Waals surface area contributed by atoms with E-state index in [0.717, 1.165) is 9.90 Å². The largest absolute Gasteiger partial charge is 0.477 e. The average Bonchev–Trinajstić information content (AvgIpc) is 3.14. The van der Waals surface area contributed by atoms with Gasteiger partial charge in [0, 0.05) is 11.9 Å². The highest BCUT2D eigenvalue weighted by Gasteiger charge is 2.15.